The highest BCUT2D eigenvalue weighted by Crippen LogP contribution is 2.22. The van der Waals surface area contributed by atoms with Crippen molar-refractivity contribution in [2.75, 3.05) is 13.2 Å². The fourth-order valence-corrected chi connectivity index (χ4v) is 6.20. The average Bonchev–Trinajstić information content (AvgIpc) is 3.14. The minimum absolute atomic E-state index is 0.199. The minimum Gasteiger partial charge on any atom is -0.394 e. The molecule has 1 fully saturated rings. The van der Waals surface area contributed by atoms with Gasteiger partial charge in [-0.25, -0.2) is 0 Å². The molecule has 0 bridgehead atoms. The molecule has 0 spiro atoms. The van der Waals surface area contributed by atoms with Crippen LogP contribution < -0.4 is 5.32 Å². The fourth-order valence-electron chi connectivity index (χ4n) is 6.20. The summed E-state index contributed by atoms with van der Waals surface area (Å²) in [6.07, 6.45) is 34.4. The lowest BCUT2D eigenvalue weighted by Crippen LogP contribution is -2.60. The summed E-state index contributed by atoms with van der Waals surface area (Å²) < 4.78 is 11.1. The van der Waals surface area contributed by atoms with Crippen molar-refractivity contribution < 1.29 is 39.8 Å². The van der Waals surface area contributed by atoms with E-state index in [-0.39, 0.29) is 12.5 Å². The molecule has 0 aromatic rings. The number of unbranched alkanes of at least 4 members (excludes halogenated alkanes) is 17. The molecular weight excluding hydrogens is 658 g/mol. The third-order valence-electron chi connectivity index (χ3n) is 9.63. The van der Waals surface area contributed by atoms with Gasteiger partial charge >= 0.3 is 0 Å². The van der Waals surface area contributed by atoms with E-state index in [1.165, 1.54) is 83.5 Å². The van der Waals surface area contributed by atoms with Crippen molar-refractivity contribution in [1.29, 1.82) is 0 Å². The van der Waals surface area contributed by atoms with Gasteiger partial charge in [-0.3, -0.25) is 4.79 Å². The summed E-state index contributed by atoms with van der Waals surface area (Å²) in [6, 6.07) is -0.824. The number of hydrogen-bond donors (Lipinski definition) is 6. The Hall–Kier alpha value is -1.85. The molecule has 52 heavy (non-hydrogen) atoms. The Labute approximate surface area is 316 Å². The largest absolute Gasteiger partial charge is 0.394 e. The van der Waals surface area contributed by atoms with E-state index < -0.39 is 49.5 Å². The van der Waals surface area contributed by atoms with E-state index in [0.717, 1.165) is 57.8 Å². The molecule has 0 saturated carbocycles. The molecule has 7 unspecified atom stereocenters. The molecule has 7 atom stereocenters. The Balaban J connectivity index is 2.41. The minimum atomic E-state index is -1.57. The number of nitrogens with one attached hydrogen (secondary N) is 1. The molecule has 9 nitrogen and oxygen atoms in total. The van der Waals surface area contributed by atoms with Gasteiger partial charge in [-0.05, 0) is 64.2 Å². The van der Waals surface area contributed by atoms with Crippen molar-refractivity contribution in [2.45, 2.75) is 204 Å². The van der Waals surface area contributed by atoms with Gasteiger partial charge in [0, 0.05) is 6.42 Å². The number of carbonyl (C=O) groups is 1. The van der Waals surface area contributed by atoms with E-state index in [2.05, 4.69) is 55.6 Å². The molecule has 1 rings (SSSR count). The second kappa shape index (κ2) is 33.7. The maximum Gasteiger partial charge on any atom is 0.220 e. The highest BCUT2D eigenvalue weighted by atomic mass is 16.7. The van der Waals surface area contributed by atoms with E-state index in [1.54, 1.807) is 6.08 Å². The zero-order valence-electron chi connectivity index (χ0n) is 32.8. The van der Waals surface area contributed by atoms with Crippen LogP contribution in [-0.2, 0) is 14.3 Å². The number of hydrogen-bond acceptors (Lipinski definition) is 8. The van der Waals surface area contributed by atoms with Crippen molar-refractivity contribution in [3.63, 3.8) is 0 Å². The van der Waals surface area contributed by atoms with Crippen LogP contribution in [0, 0.1) is 0 Å². The molecule has 6 N–H and O–H groups in total. The van der Waals surface area contributed by atoms with E-state index in [1.807, 2.05) is 6.08 Å². The van der Waals surface area contributed by atoms with Gasteiger partial charge in [0.15, 0.2) is 6.29 Å². The zero-order valence-corrected chi connectivity index (χ0v) is 32.8. The summed E-state index contributed by atoms with van der Waals surface area (Å²) in [4.78, 5) is 12.9. The molecule has 1 aliphatic heterocycles. The summed E-state index contributed by atoms with van der Waals surface area (Å²) >= 11 is 0. The van der Waals surface area contributed by atoms with Gasteiger partial charge < -0.3 is 40.3 Å². The molecule has 9 heteroatoms. The van der Waals surface area contributed by atoms with E-state index >= 15 is 0 Å². The van der Waals surface area contributed by atoms with E-state index in [4.69, 9.17) is 9.47 Å². The molecule has 302 valence electrons. The molecule has 0 aromatic heterocycles. The topological polar surface area (TPSA) is 149 Å². The van der Waals surface area contributed by atoms with Crippen LogP contribution in [0.15, 0.2) is 48.6 Å². The van der Waals surface area contributed by atoms with Gasteiger partial charge in [0.2, 0.25) is 5.91 Å². The summed E-state index contributed by atoms with van der Waals surface area (Å²) in [6.45, 7) is 3.68. The molecule has 1 heterocycles. The SMILES string of the molecule is CCCCCC/C=C\C/C=C\CCCCCCCCCC(=O)NC(COC1OC(CO)C(O)C(O)C1O)C(O)/C=C/CC/C=C/CCCCCCC. The van der Waals surface area contributed by atoms with Gasteiger partial charge in [-0.1, -0.05) is 140 Å². The van der Waals surface area contributed by atoms with Crippen LogP contribution in [0.5, 0.6) is 0 Å². The van der Waals surface area contributed by atoms with Crippen molar-refractivity contribution in [2.24, 2.45) is 0 Å². The molecular formula is C43H77NO8. The lowest BCUT2D eigenvalue weighted by molar-refractivity contribution is -0.302. The molecule has 0 radical (unpaired) electrons. The van der Waals surface area contributed by atoms with Crippen molar-refractivity contribution in [1.82, 2.24) is 5.32 Å². The molecule has 1 amide bonds. The quantitative estimate of drug-likeness (QED) is 0.0295. The highest BCUT2D eigenvalue weighted by molar-refractivity contribution is 5.76. The number of aliphatic hydroxyl groups is 5. The summed E-state index contributed by atoms with van der Waals surface area (Å²) in [5.41, 5.74) is 0. The standard InChI is InChI=1S/C43H77NO8/c1-3-5-7-9-11-13-15-16-17-18-19-20-21-23-25-27-29-31-33-39(47)44-36(35-51-43-42(50)41(49)40(48)38(34-45)52-43)37(46)32-30-28-26-24-22-14-12-10-8-6-4-2/h13,15,17-18,22,24,30,32,36-38,40-43,45-46,48-50H,3-12,14,16,19-21,23,25-29,31,33-35H2,1-2H3,(H,44,47)/b15-13-,18-17-,24-22+,32-30+. The maximum atomic E-state index is 12.9. The summed E-state index contributed by atoms with van der Waals surface area (Å²) in [7, 11) is 0. The number of aliphatic hydroxyl groups excluding tert-OH is 5. The number of ether oxygens (including phenoxy) is 2. The monoisotopic (exact) mass is 736 g/mol. The Bertz CT molecular complexity index is 951. The van der Waals surface area contributed by atoms with Crippen molar-refractivity contribution in [3.8, 4) is 0 Å². The van der Waals surface area contributed by atoms with Crippen LogP contribution in [-0.4, -0.2) is 87.5 Å². The van der Waals surface area contributed by atoms with Crippen LogP contribution in [0.3, 0.4) is 0 Å². The van der Waals surface area contributed by atoms with Gasteiger partial charge in [-0.2, -0.15) is 0 Å². The third kappa shape index (κ3) is 24.5. The number of allylic oxidation sites excluding steroid dienone is 7. The van der Waals surface area contributed by atoms with Gasteiger partial charge in [0.25, 0.3) is 0 Å². The second-order valence-electron chi connectivity index (χ2n) is 14.4. The van der Waals surface area contributed by atoms with Gasteiger partial charge in [0.1, 0.15) is 24.4 Å². The van der Waals surface area contributed by atoms with Crippen LogP contribution in [0.4, 0.5) is 0 Å². The van der Waals surface area contributed by atoms with Crippen molar-refractivity contribution in [3.05, 3.63) is 48.6 Å². The van der Waals surface area contributed by atoms with Crippen LogP contribution in [0.25, 0.3) is 0 Å². The van der Waals surface area contributed by atoms with Crippen LogP contribution in [0.2, 0.25) is 0 Å². The molecule has 0 aromatic carbocycles. The number of amides is 1. The van der Waals surface area contributed by atoms with Crippen LogP contribution in [0.1, 0.15) is 162 Å². The number of rotatable bonds is 33. The highest BCUT2D eigenvalue weighted by Gasteiger charge is 2.44. The molecule has 1 saturated heterocycles. The second-order valence-corrected chi connectivity index (χ2v) is 14.4. The first-order chi connectivity index (χ1) is 25.3. The van der Waals surface area contributed by atoms with Crippen molar-refractivity contribution >= 4 is 5.91 Å². The zero-order chi connectivity index (χ0) is 38.1. The van der Waals surface area contributed by atoms with Crippen LogP contribution >= 0.6 is 0 Å². The van der Waals surface area contributed by atoms with E-state index in [0.29, 0.717) is 6.42 Å². The first-order valence-corrected chi connectivity index (χ1v) is 20.9. The molecule has 1 aliphatic rings. The first-order valence-electron chi connectivity index (χ1n) is 20.9. The van der Waals surface area contributed by atoms with Gasteiger partial charge in [-0.15, -0.1) is 0 Å². The lowest BCUT2D eigenvalue weighted by atomic mass is 9.99. The Morgan fingerprint density at radius 3 is 1.75 bits per heavy atom. The maximum absolute atomic E-state index is 12.9. The Morgan fingerprint density at radius 1 is 0.654 bits per heavy atom. The summed E-state index contributed by atoms with van der Waals surface area (Å²) in [5, 5.41) is 53.9. The van der Waals surface area contributed by atoms with E-state index in [9.17, 15) is 30.3 Å². The summed E-state index contributed by atoms with van der Waals surface area (Å²) in [5.74, 6) is -0.199. The lowest BCUT2D eigenvalue weighted by Gasteiger charge is -2.40. The Morgan fingerprint density at radius 2 is 1.15 bits per heavy atom. The Kier molecular flexibility index (Phi) is 31.2. The normalized spacial score (nSPS) is 22.3. The predicted molar refractivity (Wildman–Crippen MR) is 212 cm³/mol. The predicted octanol–water partition coefficient (Wildman–Crippen LogP) is 7.89. The third-order valence-corrected chi connectivity index (χ3v) is 9.63. The van der Waals surface area contributed by atoms with Gasteiger partial charge in [0.05, 0.1) is 25.4 Å². The first kappa shape index (κ1) is 48.2. The molecule has 0 aliphatic carbocycles. The average molecular weight is 736 g/mol. The fraction of sp³-hybridized carbons (Fsp3) is 0.791. The number of carbonyl (C=O) groups excluding carboxylic acids is 1. The smallest absolute Gasteiger partial charge is 0.220 e.